The van der Waals surface area contributed by atoms with Crippen LogP contribution in [0.3, 0.4) is 0 Å². The van der Waals surface area contributed by atoms with E-state index >= 15 is 0 Å². The van der Waals surface area contributed by atoms with Crippen LogP contribution in [0.2, 0.25) is 5.02 Å². The Balaban J connectivity index is 2.07. The smallest absolute Gasteiger partial charge is 0.341 e. The zero-order valence-electron chi connectivity index (χ0n) is 14.2. The van der Waals surface area contributed by atoms with E-state index in [0.29, 0.717) is 5.69 Å². The largest absolute Gasteiger partial charge is 0.449 e. The molecule has 0 aliphatic rings. The Hall–Kier alpha value is -2.40. The molecule has 0 fully saturated rings. The molecule has 0 aliphatic carbocycles. The van der Waals surface area contributed by atoms with Crippen LogP contribution >= 0.6 is 11.6 Å². The average molecular weight is 364 g/mol. The van der Waals surface area contributed by atoms with Gasteiger partial charge in [0.15, 0.2) is 6.10 Å². The molecule has 0 spiro atoms. The van der Waals surface area contributed by atoms with E-state index < -0.39 is 23.8 Å². The van der Waals surface area contributed by atoms with Crippen molar-refractivity contribution in [2.75, 3.05) is 5.32 Å². The van der Waals surface area contributed by atoms with Crippen LogP contribution in [0.25, 0.3) is 0 Å². The molecule has 1 N–H and O–H groups in total. The summed E-state index contributed by atoms with van der Waals surface area (Å²) in [6.07, 6.45) is -1.08. The molecule has 0 saturated heterocycles. The predicted molar refractivity (Wildman–Crippen MR) is 95.4 cm³/mol. The van der Waals surface area contributed by atoms with E-state index in [0.717, 1.165) is 11.6 Å². The molecular weight excluding hydrogens is 345 g/mol. The van der Waals surface area contributed by atoms with E-state index in [-0.39, 0.29) is 16.5 Å². The van der Waals surface area contributed by atoms with Crippen molar-refractivity contribution >= 4 is 29.2 Å². The summed E-state index contributed by atoms with van der Waals surface area (Å²) < 4.78 is 18.8. The van der Waals surface area contributed by atoms with Crippen molar-refractivity contribution in [2.24, 2.45) is 0 Å². The van der Waals surface area contributed by atoms with Crippen molar-refractivity contribution in [3.05, 3.63) is 64.4 Å². The number of benzene rings is 2. The van der Waals surface area contributed by atoms with E-state index in [9.17, 15) is 14.0 Å². The Labute approximate surface area is 150 Å². The van der Waals surface area contributed by atoms with Gasteiger partial charge >= 0.3 is 5.97 Å². The number of amides is 1. The fourth-order valence-electron chi connectivity index (χ4n) is 2.28. The van der Waals surface area contributed by atoms with Gasteiger partial charge in [-0.3, -0.25) is 4.79 Å². The van der Waals surface area contributed by atoms with Gasteiger partial charge in [-0.25, -0.2) is 9.18 Å². The molecular formula is C19H19ClFNO3. The van der Waals surface area contributed by atoms with Crippen molar-refractivity contribution in [3.8, 4) is 0 Å². The van der Waals surface area contributed by atoms with Crippen molar-refractivity contribution in [1.29, 1.82) is 0 Å². The molecule has 2 aromatic rings. The van der Waals surface area contributed by atoms with Gasteiger partial charge in [0.25, 0.3) is 5.91 Å². The second kappa shape index (κ2) is 8.12. The minimum absolute atomic E-state index is 0.171. The Morgan fingerprint density at radius 1 is 1.12 bits per heavy atom. The van der Waals surface area contributed by atoms with Crippen LogP contribution in [-0.2, 0) is 9.53 Å². The molecule has 0 aromatic heterocycles. The fourth-order valence-corrected chi connectivity index (χ4v) is 2.44. The highest BCUT2D eigenvalue weighted by molar-refractivity contribution is 6.30. The summed E-state index contributed by atoms with van der Waals surface area (Å²) in [5.41, 5.74) is 1.35. The van der Waals surface area contributed by atoms with Gasteiger partial charge in [0, 0.05) is 10.7 Å². The molecule has 6 heteroatoms. The molecule has 1 atom stereocenters. The standard InChI is InChI=1S/C19H19ClFNO3/c1-11(2)14-6-4-5-7-17(14)22-18(23)12(3)25-19(24)15-9-8-13(20)10-16(15)21/h4-12H,1-3H3,(H,22,23)/t12-/m0/s1. The highest BCUT2D eigenvalue weighted by Crippen LogP contribution is 2.24. The summed E-state index contributed by atoms with van der Waals surface area (Å²) >= 11 is 5.65. The maximum absolute atomic E-state index is 13.8. The number of ether oxygens (including phenoxy) is 1. The SMILES string of the molecule is CC(C)c1ccccc1NC(=O)[C@H](C)OC(=O)c1ccc(Cl)cc1F. The Bertz CT molecular complexity index is 792. The second-order valence-electron chi connectivity index (χ2n) is 5.90. The van der Waals surface area contributed by atoms with Crippen molar-refractivity contribution in [1.82, 2.24) is 0 Å². The van der Waals surface area contributed by atoms with Gasteiger partial charge in [-0.05, 0) is 42.7 Å². The lowest BCUT2D eigenvalue weighted by Gasteiger charge is -2.17. The number of nitrogens with one attached hydrogen (secondary N) is 1. The van der Waals surface area contributed by atoms with Crippen molar-refractivity contribution < 1.29 is 18.7 Å². The van der Waals surface area contributed by atoms with Gasteiger partial charge in [0.2, 0.25) is 0 Å². The number of anilines is 1. The predicted octanol–water partition coefficient (Wildman–Crippen LogP) is 4.79. The van der Waals surface area contributed by atoms with Gasteiger partial charge in [-0.15, -0.1) is 0 Å². The van der Waals surface area contributed by atoms with Crippen LogP contribution in [0.1, 0.15) is 42.6 Å². The first kappa shape index (κ1) is 18.9. The molecule has 25 heavy (non-hydrogen) atoms. The number of halogens is 2. The third-order valence-corrected chi connectivity index (χ3v) is 3.88. The highest BCUT2D eigenvalue weighted by atomic mass is 35.5. The minimum atomic E-state index is -1.08. The Morgan fingerprint density at radius 2 is 1.80 bits per heavy atom. The fraction of sp³-hybridized carbons (Fsp3) is 0.263. The van der Waals surface area contributed by atoms with Crippen LogP contribution in [0.15, 0.2) is 42.5 Å². The molecule has 0 unspecified atom stereocenters. The molecule has 0 aliphatic heterocycles. The summed E-state index contributed by atoms with van der Waals surface area (Å²) in [6, 6.07) is 11.0. The quantitative estimate of drug-likeness (QED) is 0.777. The lowest BCUT2D eigenvalue weighted by Crippen LogP contribution is -2.30. The lowest BCUT2D eigenvalue weighted by molar-refractivity contribution is -0.123. The summed E-state index contributed by atoms with van der Waals surface area (Å²) in [5.74, 6) is -1.99. The van der Waals surface area contributed by atoms with E-state index in [2.05, 4.69) is 5.32 Å². The third kappa shape index (κ3) is 4.79. The van der Waals surface area contributed by atoms with Crippen LogP contribution in [0, 0.1) is 5.82 Å². The minimum Gasteiger partial charge on any atom is -0.449 e. The number of hydrogen-bond acceptors (Lipinski definition) is 3. The molecule has 0 bridgehead atoms. The summed E-state index contributed by atoms with van der Waals surface area (Å²) in [6.45, 7) is 5.45. The van der Waals surface area contributed by atoms with Gasteiger partial charge < -0.3 is 10.1 Å². The summed E-state index contributed by atoms with van der Waals surface area (Å²) in [4.78, 5) is 24.3. The number of rotatable bonds is 5. The molecule has 1 amide bonds. The maximum Gasteiger partial charge on any atom is 0.341 e. The van der Waals surface area contributed by atoms with E-state index in [1.165, 1.54) is 19.1 Å². The Morgan fingerprint density at radius 3 is 2.44 bits per heavy atom. The van der Waals surface area contributed by atoms with Gasteiger partial charge in [-0.1, -0.05) is 43.6 Å². The maximum atomic E-state index is 13.8. The molecule has 2 rings (SSSR count). The average Bonchev–Trinajstić information content (AvgIpc) is 2.54. The number of esters is 1. The Kier molecular flexibility index (Phi) is 6.15. The van der Waals surface area contributed by atoms with Gasteiger partial charge in [0.05, 0.1) is 5.56 Å². The molecule has 132 valence electrons. The van der Waals surface area contributed by atoms with E-state index in [1.54, 1.807) is 12.1 Å². The molecule has 0 heterocycles. The second-order valence-corrected chi connectivity index (χ2v) is 6.34. The van der Waals surface area contributed by atoms with Crippen LogP contribution in [-0.4, -0.2) is 18.0 Å². The number of carbonyl (C=O) groups excluding carboxylic acids is 2. The van der Waals surface area contributed by atoms with Crippen molar-refractivity contribution in [3.63, 3.8) is 0 Å². The molecule has 0 radical (unpaired) electrons. The lowest BCUT2D eigenvalue weighted by atomic mass is 10.0. The first-order chi connectivity index (χ1) is 11.8. The highest BCUT2D eigenvalue weighted by Gasteiger charge is 2.22. The third-order valence-electron chi connectivity index (χ3n) is 3.64. The van der Waals surface area contributed by atoms with Crippen LogP contribution in [0.5, 0.6) is 0 Å². The first-order valence-electron chi connectivity index (χ1n) is 7.85. The zero-order chi connectivity index (χ0) is 18.6. The van der Waals surface area contributed by atoms with Crippen LogP contribution < -0.4 is 5.32 Å². The van der Waals surface area contributed by atoms with Gasteiger partial charge in [0.1, 0.15) is 5.82 Å². The topological polar surface area (TPSA) is 55.4 Å². The number of para-hydroxylation sites is 1. The number of carbonyl (C=O) groups is 2. The summed E-state index contributed by atoms with van der Waals surface area (Å²) in [5, 5.41) is 2.91. The molecule has 2 aromatic carbocycles. The molecule has 0 saturated carbocycles. The monoisotopic (exact) mass is 363 g/mol. The summed E-state index contributed by atoms with van der Waals surface area (Å²) in [7, 11) is 0. The zero-order valence-corrected chi connectivity index (χ0v) is 14.9. The van der Waals surface area contributed by atoms with Crippen LogP contribution in [0.4, 0.5) is 10.1 Å². The van der Waals surface area contributed by atoms with Gasteiger partial charge in [-0.2, -0.15) is 0 Å². The first-order valence-corrected chi connectivity index (χ1v) is 8.23. The normalized spacial score (nSPS) is 11.9. The molecule has 4 nitrogen and oxygen atoms in total. The van der Waals surface area contributed by atoms with E-state index in [1.807, 2.05) is 26.0 Å². The number of hydrogen-bond donors (Lipinski definition) is 1. The van der Waals surface area contributed by atoms with Crippen molar-refractivity contribution in [2.45, 2.75) is 32.8 Å². The van der Waals surface area contributed by atoms with E-state index in [4.69, 9.17) is 16.3 Å².